The largest absolute Gasteiger partial charge is 0.298 e. The lowest BCUT2D eigenvalue weighted by Gasteiger charge is -2.05. The molecule has 0 fully saturated rings. The van der Waals surface area contributed by atoms with Gasteiger partial charge in [0.15, 0.2) is 0 Å². The molecule has 0 aliphatic heterocycles. The van der Waals surface area contributed by atoms with Crippen LogP contribution in [0.25, 0.3) is 0 Å². The zero-order chi connectivity index (χ0) is 14.5. The normalized spacial score (nSPS) is 12.1. The van der Waals surface area contributed by atoms with Gasteiger partial charge in [-0.2, -0.15) is 0 Å². The van der Waals surface area contributed by atoms with Gasteiger partial charge in [-0.3, -0.25) is 9.00 Å². The van der Waals surface area contributed by atoms with Crippen molar-refractivity contribution < 1.29 is 13.4 Å². The molecule has 0 radical (unpaired) electrons. The molecule has 2 aromatic rings. The molecule has 0 bridgehead atoms. The molecule has 0 amide bonds. The smallest absolute Gasteiger partial charge is 0.150 e. The molecular weight excluding hydrogens is 343 g/mol. The van der Waals surface area contributed by atoms with Crippen molar-refractivity contribution in [3.63, 3.8) is 0 Å². The summed E-state index contributed by atoms with van der Waals surface area (Å²) in [6, 6.07) is 13.2. The molecule has 0 spiro atoms. The lowest BCUT2D eigenvalue weighted by molar-refractivity contribution is -0.116. The van der Waals surface area contributed by atoms with Crippen LogP contribution in [-0.2, 0) is 22.0 Å². The van der Waals surface area contributed by atoms with Crippen LogP contribution in [0.2, 0.25) is 0 Å². The molecule has 0 aliphatic carbocycles. The highest BCUT2D eigenvalue weighted by atomic mass is 79.9. The fraction of sp³-hybridized carbons (Fsp3) is 0.133. The van der Waals surface area contributed by atoms with Gasteiger partial charge >= 0.3 is 0 Å². The van der Waals surface area contributed by atoms with Crippen LogP contribution in [0.1, 0.15) is 5.56 Å². The molecule has 1 unspecified atom stereocenters. The Morgan fingerprint density at radius 1 is 1.10 bits per heavy atom. The van der Waals surface area contributed by atoms with Gasteiger partial charge in [0.2, 0.25) is 0 Å². The summed E-state index contributed by atoms with van der Waals surface area (Å²) in [5.74, 6) is -0.770. The molecule has 2 rings (SSSR count). The Kier molecular flexibility index (Phi) is 5.20. The quantitative estimate of drug-likeness (QED) is 0.823. The SMILES string of the molecule is O=C(Cc1ccccc1F)CS(=O)c1ccccc1Br. The Hall–Kier alpha value is -1.33. The van der Waals surface area contributed by atoms with Crippen LogP contribution < -0.4 is 0 Å². The number of benzene rings is 2. The summed E-state index contributed by atoms with van der Waals surface area (Å²) in [6.45, 7) is 0. The van der Waals surface area contributed by atoms with Crippen molar-refractivity contribution in [3.8, 4) is 0 Å². The van der Waals surface area contributed by atoms with Crippen LogP contribution in [0.3, 0.4) is 0 Å². The highest BCUT2D eigenvalue weighted by Gasteiger charge is 2.14. The standard InChI is InChI=1S/C15H12BrFO2S/c16-13-6-2-4-8-15(13)20(19)10-12(18)9-11-5-1-3-7-14(11)17/h1-8H,9-10H2. The number of Topliss-reactive ketones (excluding diaryl/α,β-unsaturated/α-hetero) is 1. The second-order valence-electron chi connectivity index (χ2n) is 4.23. The van der Waals surface area contributed by atoms with E-state index in [4.69, 9.17) is 0 Å². The molecule has 104 valence electrons. The van der Waals surface area contributed by atoms with Crippen molar-refractivity contribution in [1.82, 2.24) is 0 Å². The minimum atomic E-state index is -1.42. The summed E-state index contributed by atoms with van der Waals surface area (Å²) < 4.78 is 26.3. The molecule has 0 heterocycles. The molecule has 20 heavy (non-hydrogen) atoms. The van der Waals surface area contributed by atoms with E-state index in [2.05, 4.69) is 15.9 Å². The number of ketones is 1. The van der Waals surface area contributed by atoms with E-state index < -0.39 is 16.6 Å². The second-order valence-corrected chi connectivity index (χ2v) is 6.50. The Labute approximate surface area is 127 Å². The van der Waals surface area contributed by atoms with E-state index in [-0.39, 0.29) is 18.0 Å². The van der Waals surface area contributed by atoms with Crippen LogP contribution in [0.5, 0.6) is 0 Å². The average Bonchev–Trinajstić information content (AvgIpc) is 2.41. The van der Waals surface area contributed by atoms with Crippen LogP contribution in [0.15, 0.2) is 57.9 Å². The fourth-order valence-corrected chi connectivity index (χ4v) is 3.65. The Morgan fingerprint density at radius 2 is 1.75 bits per heavy atom. The van der Waals surface area contributed by atoms with E-state index in [0.717, 1.165) is 0 Å². The summed E-state index contributed by atoms with van der Waals surface area (Å²) in [5, 5.41) is 0. The van der Waals surface area contributed by atoms with Gasteiger partial charge in [0.25, 0.3) is 0 Å². The summed E-state index contributed by atoms with van der Waals surface area (Å²) in [4.78, 5) is 12.5. The van der Waals surface area contributed by atoms with Crippen molar-refractivity contribution in [2.24, 2.45) is 0 Å². The molecule has 5 heteroatoms. The highest BCUT2D eigenvalue weighted by molar-refractivity contribution is 9.10. The second kappa shape index (κ2) is 6.90. The topological polar surface area (TPSA) is 34.1 Å². The van der Waals surface area contributed by atoms with Gasteiger partial charge in [0.05, 0.1) is 21.4 Å². The Morgan fingerprint density at radius 3 is 2.45 bits per heavy atom. The van der Waals surface area contributed by atoms with E-state index in [1.165, 1.54) is 6.07 Å². The number of hydrogen-bond donors (Lipinski definition) is 0. The van der Waals surface area contributed by atoms with Crippen molar-refractivity contribution in [2.45, 2.75) is 11.3 Å². The number of hydrogen-bond acceptors (Lipinski definition) is 2. The predicted octanol–water partition coefficient (Wildman–Crippen LogP) is 3.51. The van der Waals surface area contributed by atoms with Gasteiger partial charge in [0.1, 0.15) is 11.6 Å². The molecule has 0 saturated carbocycles. The van der Waals surface area contributed by atoms with Crippen molar-refractivity contribution in [3.05, 3.63) is 64.4 Å². The van der Waals surface area contributed by atoms with E-state index in [0.29, 0.717) is 14.9 Å². The van der Waals surface area contributed by atoms with E-state index in [1.54, 1.807) is 36.4 Å². The fourth-order valence-electron chi connectivity index (χ4n) is 1.76. The average molecular weight is 355 g/mol. The molecule has 2 nitrogen and oxygen atoms in total. The Balaban J connectivity index is 2.04. The van der Waals surface area contributed by atoms with E-state index >= 15 is 0 Å². The van der Waals surface area contributed by atoms with Gasteiger partial charge in [-0.05, 0) is 39.7 Å². The van der Waals surface area contributed by atoms with Gasteiger partial charge in [-0.15, -0.1) is 0 Å². The molecule has 1 atom stereocenters. The van der Waals surface area contributed by atoms with Crippen LogP contribution in [-0.4, -0.2) is 15.7 Å². The van der Waals surface area contributed by atoms with Gasteiger partial charge in [-0.25, -0.2) is 4.39 Å². The van der Waals surface area contributed by atoms with Crippen molar-refractivity contribution >= 4 is 32.5 Å². The third-order valence-corrected chi connectivity index (χ3v) is 5.10. The summed E-state index contributed by atoms with van der Waals surface area (Å²) in [6.07, 6.45) is -0.0388. The third kappa shape index (κ3) is 3.84. The Bertz CT molecular complexity index is 658. The van der Waals surface area contributed by atoms with Gasteiger partial charge in [0, 0.05) is 10.9 Å². The molecule has 0 N–H and O–H groups in total. The van der Waals surface area contributed by atoms with Crippen LogP contribution in [0.4, 0.5) is 4.39 Å². The van der Waals surface area contributed by atoms with E-state index in [9.17, 15) is 13.4 Å². The maximum atomic E-state index is 13.4. The first kappa shape index (κ1) is 15.1. The zero-order valence-electron chi connectivity index (χ0n) is 10.5. The van der Waals surface area contributed by atoms with Crippen molar-refractivity contribution in [2.75, 3.05) is 5.75 Å². The molecule has 0 aromatic heterocycles. The van der Waals surface area contributed by atoms with Crippen LogP contribution >= 0.6 is 15.9 Å². The lowest BCUT2D eigenvalue weighted by atomic mass is 10.1. The van der Waals surface area contributed by atoms with Crippen molar-refractivity contribution in [1.29, 1.82) is 0 Å². The first-order valence-corrected chi connectivity index (χ1v) is 8.07. The van der Waals surface area contributed by atoms with Crippen LogP contribution in [0, 0.1) is 5.82 Å². The van der Waals surface area contributed by atoms with Gasteiger partial charge < -0.3 is 0 Å². The third-order valence-electron chi connectivity index (χ3n) is 2.72. The number of rotatable bonds is 5. The number of carbonyl (C=O) groups excluding carboxylic acids is 1. The number of halogens is 2. The zero-order valence-corrected chi connectivity index (χ0v) is 12.9. The summed E-state index contributed by atoms with van der Waals surface area (Å²) >= 11 is 3.30. The predicted molar refractivity (Wildman–Crippen MR) is 80.5 cm³/mol. The monoisotopic (exact) mass is 354 g/mol. The first-order chi connectivity index (χ1) is 9.58. The molecule has 0 saturated heterocycles. The summed E-state index contributed by atoms with van der Waals surface area (Å²) in [5.41, 5.74) is 0.335. The minimum absolute atomic E-state index is 0.0388. The molecule has 2 aromatic carbocycles. The van der Waals surface area contributed by atoms with E-state index in [1.807, 2.05) is 6.07 Å². The maximum absolute atomic E-state index is 13.4. The van der Waals surface area contributed by atoms with Gasteiger partial charge in [-0.1, -0.05) is 30.3 Å². The molecule has 0 aliphatic rings. The molecular formula is C15H12BrFO2S. The summed E-state index contributed by atoms with van der Waals surface area (Å²) in [7, 11) is -1.42. The number of carbonyl (C=O) groups is 1. The highest BCUT2D eigenvalue weighted by Crippen LogP contribution is 2.20. The maximum Gasteiger partial charge on any atom is 0.150 e. The minimum Gasteiger partial charge on any atom is -0.298 e. The lowest BCUT2D eigenvalue weighted by Crippen LogP contribution is -2.14. The first-order valence-electron chi connectivity index (χ1n) is 5.96.